The van der Waals surface area contributed by atoms with Gasteiger partial charge in [-0.3, -0.25) is 4.79 Å². The molecule has 78 valence electrons. The second kappa shape index (κ2) is 6.93. The molecule has 0 aromatic rings. The van der Waals surface area contributed by atoms with Crippen molar-refractivity contribution < 1.29 is 9.90 Å². The van der Waals surface area contributed by atoms with Crippen LogP contribution >= 0.6 is 0 Å². The third-order valence-electron chi connectivity index (χ3n) is 2.83. The van der Waals surface area contributed by atoms with E-state index in [1.807, 2.05) is 0 Å². The molecule has 0 spiro atoms. The zero-order valence-corrected chi connectivity index (χ0v) is 9.05. The summed E-state index contributed by atoms with van der Waals surface area (Å²) in [6, 6.07) is 0. The molecule has 1 unspecified atom stereocenters. The van der Waals surface area contributed by atoms with Crippen LogP contribution in [0, 0.1) is 11.8 Å². The summed E-state index contributed by atoms with van der Waals surface area (Å²) in [6.45, 7) is 6.19. The van der Waals surface area contributed by atoms with E-state index in [2.05, 4.69) is 13.8 Å². The van der Waals surface area contributed by atoms with Crippen molar-refractivity contribution in [1.82, 2.24) is 0 Å². The summed E-state index contributed by atoms with van der Waals surface area (Å²) in [4.78, 5) is 10.5. The summed E-state index contributed by atoms with van der Waals surface area (Å²) in [5.74, 6) is -0.0418. The van der Waals surface area contributed by atoms with Crippen molar-refractivity contribution in [2.75, 3.05) is 0 Å². The Balaban J connectivity index is 3.48. The molecule has 2 heteroatoms. The molecule has 0 aromatic carbocycles. The van der Waals surface area contributed by atoms with Gasteiger partial charge in [-0.05, 0) is 12.3 Å². The summed E-state index contributed by atoms with van der Waals surface area (Å²) in [7, 11) is 0. The van der Waals surface area contributed by atoms with Crippen LogP contribution in [0.2, 0.25) is 0 Å². The van der Waals surface area contributed by atoms with Crippen LogP contribution in [0.1, 0.15) is 52.9 Å². The van der Waals surface area contributed by atoms with Gasteiger partial charge in [0.2, 0.25) is 0 Å². The monoisotopic (exact) mass is 186 g/mol. The maximum Gasteiger partial charge on any atom is 0.306 e. The van der Waals surface area contributed by atoms with Crippen molar-refractivity contribution >= 4 is 5.97 Å². The molecule has 0 fully saturated rings. The molecular formula is C11H22O2. The van der Waals surface area contributed by atoms with Crippen molar-refractivity contribution in [3.05, 3.63) is 0 Å². The average Bonchev–Trinajstić information content (AvgIpc) is 2.12. The summed E-state index contributed by atoms with van der Waals surface area (Å²) >= 11 is 0. The van der Waals surface area contributed by atoms with E-state index in [-0.39, 0.29) is 5.92 Å². The zero-order valence-electron chi connectivity index (χ0n) is 9.05. The van der Waals surface area contributed by atoms with Crippen LogP contribution in [0.3, 0.4) is 0 Å². The molecule has 0 aliphatic rings. The predicted molar refractivity (Wildman–Crippen MR) is 54.7 cm³/mol. The maximum atomic E-state index is 10.5. The highest BCUT2D eigenvalue weighted by Crippen LogP contribution is 2.18. The van der Waals surface area contributed by atoms with Crippen molar-refractivity contribution in [2.45, 2.75) is 52.9 Å². The van der Waals surface area contributed by atoms with Crippen LogP contribution in [-0.2, 0) is 4.79 Å². The number of carboxylic acids is 1. The van der Waals surface area contributed by atoms with Gasteiger partial charge in [-0.1, -0.05) is 46.5 Å². The first-order valence-electron chi connectivity index (χ1n) is 5.34. The van der Waals surface area contributed by atoms with E-state index in [0.717, 1.165) is 18.8 Å². The Bertz CT molecular complexity index is 139. The Morgan fingerprint density at radius 2 is 1.77 bits per heavy atom. The fourth-order valence-corrected chi connectivity index (χ4v) is 1.53. The second-order valence-electron chi connectivity index (χ2n) is 3.85. The summed E-state index contributed by atoms with van der Waals surface area (Å²) in [6.07, 6.45) is 5.51. The minimum atomic E-state index is -0.662. The molecule has 0 aliphatic heterocycles. The molecule has 0 saturated carbocycles. The number of hydrogen-bond acceptors (Lipinski definition) is 1. The van der Waals surface area contributed by atoms with Crippen LogP contribution in [0.4, 0.5) is 0 Å². The highest BCUT2D eigenvalue weighted by Gasteiger charge is 2.11. The van der Waals surface area contributed by atoms with E-state index in [1.54, 1.807) is 6.92 Å². The highest BCUT2D eigenvalue weighted by molar-refractivity contribution is 5.69. The second-order valence-corrected chi connectivity index (χ2v) is 3.85. The standard InChI is InChI=1S/C11H22O2/c1-4-10(5-2)8-6-7-9(3)11(12)13/h9-10H,4-8H2,1-3H3,(H,12,13). The first kappa shape index (κ1) is 12.5. The molecule has 2 nitrogen and oxygen atoms in total. The Kier molecular flexibility index (Phi) is 6.65. The maximum absolute atomic E-state index is 10.5. The lowest BCUT2D eigenvalue weighted by atomic mass is 9.94. The van der Waals surface area contributed by atoms with Crippen molar-refractivity contribution in [2.24, 2.45) is 11.8 Å². The number of aliphatic carboxylic acids is 1. The van der Waals surface area contributed by atoms with Gasteiger partial charge in [0.15, 0.2) is 0 Å². The quantitative estimate of drug-likeness (QED) is 0.662. The minimum Gasteiger partial charge on any atom is -0.481 e. The van der Waals surface area contributed by atoms with Gasteiger partial charge in [0.05, 0.1) is 5.92 Å². The van der Waals surface area contributed by atoms with Gasteiger partial charge < -0.3 is 5.11 Å². The van der Waals surface area contributed by atoms with Gasteiger partial charge >= 0.3 is 5.97 Å². The first-order valence-corrected chi connectivity index (χ1v) is 5.34. The summed E-state index contributed by atoms with van der Waals surface area (Å²) in [5, 5.41) is 8.66. The zero-order chi connectivity index (χ0) is 10.3. The predicted octanol–water partition coefficient (Wildman–Crippen LogP) is 3.31. The van der Waals surface area contributed by atoms with Crippen LogP contribution < -0.4 is 0 Å². The van der Waals surface area contributed by atoms with Gasteiger partial charge in [-0.25, -0.2) is 0 Å². The van der Waals surface area contributed by atoms with E-state index in [1.165, 1.54) is 19.3 Å². The summed E-state index contributed by atoms with van der Waals surface area (Å²) in [5.41, 5.74) is 0. The van der Waals surface area contributed by atoms with E-state index < -0.39 is 5.97 Å². The normalized spacial score (nSPS) is 13.2. The Labute approximate surface area is 81.3 Å². The van der Waals surface area contributed by atoms with E-state index >= 15 is 0 Å². The topological polar surface area (TPSA) is 37.3 Å². The molecule has 0 radical (unpaired) electrons. The van der Waals surface area contributed by atoms with E-state index in [4.69, 9.17) is 5.11 Å². The highest BCUT2D eigenvalue weighted by atomic mass is 16.4. The number of rotatable bonds is 7. The molecule has 0 bridgehead atoms. The number of carbonyl (C=O) groups is 1. The Morgan fingerprint density at radius 1 is 1.23 bits per heavy atom. The van der Waals surface area contributed by atoms with Crippen LogP contribution in [0.15, 0.2) is 0 Å². The van der Waals surface area contributed by atoms with Crippen molar-refractivity contribution in [1.29, 1.82) is 0 Å². The van der Waals surface area contributed by atoms with Gasteiger partial charge in [0.25, 0.3) is 0 Å². The fraction of sp³-hybridized carbons (Fsp3) is 0.909. The molecule has 1 N–H and O–H groups in total. The Morgan fingerprint density at radius 3 is 2.15 bits per heavy atom. The molecular weight excluding hydrogens is 164 g/mol. The average molecular weight is 186 g/mol. The van der Waals surface area contributed by atoms with Crippen molar-refractivity contribution in [3.8, 4) is 0 Å². The molecule has 0 aliphatic carbocycles. The largest absolute Gasteiger partial charge is 0.481 e. The SMILES string of the molecule is CCC(CC)CCCC(C)C(=O)O. The fourth-order valence-electron chi connectivity index (χ4n) is 1.53. The van der Waals surface area contributed by atoms with Gasteiger partial charge in [-0.2, -0.15) is 0 Å². The molecule has 1 atom stereocenters. The Hall–Kier alpha value is -0.530. The molecule has 0 amide bonds. The van der Waals surface area contributed by atoms with E-state index in [0.29, 0.717) is 0 Å². The third-order valence-corrected chi connectivity index (χ3v) is 2.83. The summed E-state index contributed by atoms with van der Waals surface area (Å²) < 4.78 is 0. The van der Waals surface area contributed by atoms with Crippen LogP contribution in [0.5, 0.6) is 0 Å². The van der Waals surface area contributed by atoms with Gasteiger partial charge in [-0.15, -0.1) is 0 Å². The van der Waals surface area contributed by atoms with Gasteiger partial charge in [0, 0.05) is 0 Å². The van der Waals surface area contributed by atoms with Crippen LogP contribution in [-0.4, -0.2) is 11.1 Å². The molecule has 13 heavy (non-hydrogen) atoms. The molecule has 0 aromatic heterocycles. The molecule has 0 saturated heterocycles. The van der Waals surface area contributed by atoms with Crippen LogP contribution in [0.25, 0.3) is 0 Å². The number of hydrogen-bond donors (Lipinski definition) is 1. The lowest BCUT2D eigenvalue weighted by Crippen LogP contribution is -2.09. The number of carboxylic acid groups (broad SMARTS) is 1. The third kappa shape index (κ3) is 5.67. The lowest BCUT2D eigenvalue weighted by Gasteiger charge is -2.12. The van der Waals surface area contributed by atoms with Gasteiger partial charge in [0.1, 0.15) is 0 Å². The lowest BCUT2D eigenvalue weighted by molar-refractivity contribution is -0.141. The smallest absolute Gasteiger partial charge is 0.306 e. The van der Waals surface area contributed by atoms with Crippen molar-refractivity contribution in [3.63, 3.8) is 0 Å². The minimum absolute atomic E-state index is 0.172. The molecule has 0 heterocycles. The first-order chi connectivity index (χ1) is 6.11. The van der Waals surface area contributed by atoms with E-state index in [9.17, 15) is 4.79 Å². The molecule has 0 rings (SSSR count).